The number of alkyl halides is 3. The Bertz CT molecular complexity index is 973. The number of furan rings is 1. The molecule has 2 aromatic rings. The first kappa shape index (κ1) is 24.8. The zero-order valence-electron chi connectivity index (χ0n) is 19.1. The lowest BCUT2D eigenvalue weighted by Crippen LogP contribution is -2.34. The number of nitrogens with zero attached hydrogens (tertiary/aromatic N) is 3. The van der Waals surface area contributed by atoms with E-state index in [1.54, 1.807) is 19.2 Å². The molecule has 1 N–H and O–H groups in total. The van der Waals surface area contributed by atoms with Gasteiger partial charge in [0, 0.05) is 32.3 Å². The van der Waals surface area contributed by atoms with Crippen LogP contribution in [-0.4, -0.2) is 48.2 Å². The van der Waals surface area contributed by atoms with Gasteiger partial charge in [0.05, 0.1) is 11.9 Å². The first-order valence-corrected chi connectivity index (χ1v) is 12.6. The number of aromatic nitrogens is 2. The molecule has 4 rings (SSSR count). The predicted molar refractivity (Wildman–Crippen MR) is 122 cm³/mol. The topological polar surface area (TPSA) is 80.5 Å². The lowest BCUT2D eigenvalue weighted by atomic mass is 9.94. The number of anilines is 1. The molecule has 1 saturated heterocycles. The molecule has 1 saturated carbocycles. The van der Waals surface area contributed by atoms with E-state index < -0.39 is 11.9 Å². The van der Waals surface area contributed by atoms with E-state index in [0.717, 1.165) is 62.8 Å². The molecule has 2 aromatic heterocycles. The van der Waals surface area contributed by atoms with Crippen LogP contribution in [0.5, 0.6) is 0 Å². The van der Waals surface area contributed by atoms with Crippen molar-refractivity contribution < 1.29 is 27.1 Å². The highest BCUT2D eigenvalue weighted by Crippen LogP contribution is 2.34. The average Bonchev–Trinajstić information content (AvgIpc) is 3.53. The number of hydrogen-bond donors (Lipinski definition) is 1. The number of nitrogens with one attached hydrogen (secondary N) is 1. The van der Waals surface area contributed by atoms with Gasteiger partial charge in [0.2, 0.25) is 0 Å². The minimum atomic E-state index is -4.57. The predicted octanol–water partition coefficient (Wildman–Crippen LogP) is 5.06. The van der Waals surface area contributed by atoms with E-state index in [1.165, 1.54) is 0 Å². The van der Waals surface area contributed by atoms with Crippen molar-refractivity contribution in [3.05, 3.63) is 35.4 Å². The van der Waals surface area contributed by atoms with E-state index in [0.29, 0.717) is 18.9 Å². The van der Waals surface area contributed by atoms with Crippen molar-refractivity contribution in [3.8, 4) is 0 Å². The molecular weight excluding hydrogens is 469 g/mol. The van der Waals surface area contributed by atoms with Gasteiger partial charge >= 0.3 is 6.18 Å². The van der Waals surface area contributed by atoms with Gasteiger partial charge in [-0.05, 0) is 37.8 Å². The van der Waals surface area contributed by atoms with Crippen LogP contribution in [0.15, 0.2) is 27.8 Å². The quantitative estimate of drug-likeness (QED) is 0.403. The van der Waals surface area contributed by atoms with Gasteiger partial charge in [-0.15, -0.1) is 0 Å². The normalized spacial score (nSPS) is 19.4. The summed E-state index contributed by atoms with van der Waals surface area (Å²) in [7, 11) is 1.79. The van der Waals surface area contributed by atoms with Crippen LogP contribution in [0.2, 0.25) is 0 Å². The van der Waals surface area contributed by atoms with Gasteiger partial charge in [0.1, 0.15) is 11.6 Å². The summed E-state index contributed by atoms with van der Waals surface area (Å²) in [5, 5.41) is 2.80. The van der Waals surface area contributed by atoms with Crippen LogP contribution in [0, 0.1) is 0 Å². The Morgan fingerprint density at radius 3 is 2.68 bits per heavy atom. The summed E-state index contributed by atoms with van der Waals surface area (Å²) in [6.45, 7) is 1.12. The minimum absolute atomic E-state index is 0.0212. The van der Waals surface area contributed by atoms with E-state index in [-0.39, 0.29) is 40.5 Å². The molecule has 1 unspecified atom stereocenters. The molecule has 2 fully saturated rings. The summed E-state index contributed by atoms with van der Waals surface area (Å²) < 4.78 is 51.6. The van der Waals surface area contributed by atoms with Crippen LogP contribution in [-0.2, 0) is 16.7 Å². The van der Waals surface area contributed by atoms with Crippen LogP contribution in [0.3, 0.4) is 0 Å². The zero-order chi connectivity index (χ0) is 24.1. The number of amides is 1. The Hall–Kier alpha value is -2.27. The van der Waals surface area contributed by atoms with Crippen LogP contribution < -0.4 is 10.2 Å². The number of carbonyl (C=O) groups is 1. The second kappa shape index (κ2) is 11.0. The van der Waals surface area contributed by atoms with Crippen molar-refractivity contribution >= 4 is 23.5 Å². The van der Waals surface area contributed by atoms with Crippen LogP contribution in [0.4, 0.5) is 19.0 Å². The van der Waals surface area contributed by atoms with E-state index >= 15 is 0 Å². The summed E-state index contributed by atoms with van der Waals surface area (Å²) in [5.74, 6) is 0.725. The minimum Gasteiger partial charge on any atom is -0.455 e. The van der Waals surface area contributed by atoms with Gasteiger partial charge in [-0.3, -0.25) is 4.79 Å². The first-order chi connectivity index (χ1) is 16.3. The molecule has 1 amide bonds. The molecule has 34 heavy (non-hydrogen) atoms. The molecule has 186 valence electrons. The Morgan fingerprint density at radius 1 is 1.18 bits per heavy atom. The Balaban J connectivity index is 1.41. The fourth-order valence-corrected chi connectivity index (χ4v) is 5.02. The molecule has 0 aromatic carbocycles. The highest BCUT2D eigenvalue weighted by molar-refractivity contribution is 7.98. The highest BCUT2D eigenvalue weighted by Gasteiger charge is 2.34. The number of hydrogen-bond acceptors (Lipinski definition) is 7. The maximum absolute atomic E-state index is 13.5. The lowest BCUT2D eigenvalue weighted by Gasteiger charge is -2.32. The third kappa shape index (κ3) is 6.44. The molecule has 11 heteroatoms. The van der Waals surface area contributed by atoms with Crippen LogP contribution in [0.25, 0.3) is 0 Å². The maximum atomic E-state index is 13.5. The monoisotopic (exact) mass is 498 g/mol. The third-order valence-corrected chi connectivity index (χ3v) is 7.08. The molecule has 1 atom stereocenters. The molecule has 2 aliphatic rings. The van der Waals surface area contributed by atoms with E-state index in [4.69, 9.17) is 9.15 Å². The Labute approximate surface area is 200 Å². The van der Waals surface area contributed by atoms with Crippen molar-refractivity contribution in [2.75, 3.05) is 25.1 Å². The standard InChI is InChI=1S/C23H29F3N4O3S/c1-30(15-6-3-2-4-7-15)20-12-19(23(24,25)26)28-22(29-20)34-14-17-9-10-18(33-17)21(31)27-13-16-8-5-11-32-16/h9-10,12,15-16H,2-8,11,13-14H2,1H3,(H,27,31). The van der Waals surface area contributed by atoms with Crippen molar-refractivity contribution in [2.45, 2.75) is 74.2 Å². The number of thioether (sulfide) groups is 1. The summed E-state index contributed by atoms with van der Waals surface area (Å²) >= 11 is 1.05. The molecule has 0 spiro atoms. The van der Waals surface area contributed by atoms with Gasteiger partial charge in [-0.1, -0.05) is 31.0 Å². The average molecular weight is 499 g/mol. The molecule has 1 aliphatic carbocycles. The van der Waals surface area contributed by atoms with Crippen LogP contribution in [0.1, 0.15) is 67.0 Å². The second-order valence-corrected chi connectivity index (χ2v) is 9.64. The fraction of sp³-hybridized carbons (Fsp3) is 0.609. The number of halogens is 3. The summed E-state index contributed by atoms with van der Waals surface area (Å²) in [6, 6.07) is 4.37. The SMILES string of the molecule is CN(c1cc(C(F)(F)F)nc(SCc2ccc(C(=O)NCC3CCCO3)o2)n1)C1CCCCC1. The Morgan fingerprint density at radius 2 is 1.97 bits per heavy atom. The third-order valence-electron chi connectivity index (χ3n) is 6.21. The highest BCUT2D eigenvalue weighted by atomic mass is 32.2. The smallest absolute Gasteiger partial charge is 0.433 e. The molecule has 3 heterocycles. The van der Waals surface area contributed by atoms with Gasteiger partial charge < -0.3 is 19.4 Å². The van der Waals surface area contributed by atoms with E-state index in [9.17, 15) is 18.0 Å². The van der Waals surface area contributed by atoms with Crippen molar-refractivity contribution in [1.82, 2.24) is 15.3 Å². The number of rotatable bonds is 8. The van der Waals surface area contributed by atoms with E-state index in [1.807, 2.05) is 4.90 Å². The van der Waals surface area contributed by atoms with Crippen LogP contribution >= 0.6 is 11.8 Å². The molecule has 0 bridgehead atoms. The van der Waals surface area contributed by atoms with Crippen molar-refractivity contribution in [1.29, 1.82) is 0 Å². The second-order valence-electron chi connectivity index (χ2n) is 8.69. The molecule has 1 aliphatic heterocycles. The number of carbonyl (C=O) groups excluding carboxylic acids is 1. The maximum Gasteiger partial charge on any atom is 0.433 e. The van der Waals surface area contributed by atoms with Gasteiger partial charge in [-0.2, -0.15) is 13.2 Å². The van der Waals surface area contributed by atoms with Gasteiger partial charge in [-0.25, -0.2) is 9.97 Å². The fourth-order valence-electron chi connectivity index (χ4n) is 4.27. The summed E-state index contributed by atoms with van der Waals surface area (Å²) in [4.78, 5) is 22.3. The molecule has 7 nitrogen and oxygen atoms in total. The lowest BCUT2D eigenvalue weighted by molar-refractivity contribution is -0.141. The Kier molecular flexibility index (Phi) is 8.02. The van der Waals surface area contributed by atoms with Gasteiger partial charge in [0.25, 0.3) is 5.91 Å². The molecule has 0 radical (unpaired) electrons. The zero-order valence-corrected chi connectivity index (χ0v) is 19.9. The summed E-state index contributed by atoms with van der Waals surface area (Å²) in [6.07, 6.45) is 2.51. The number of ether oxygens (including phenoxy) is 1. The van der Waals surface area contributed by atoms with E-state index in [2.05, 4.69) is 15.3 Å². The van der Waals surface area contributed by atoms with Gasteiger partial charge in [0.15, 0.2) is 16.6 Å². The van der Waals surface area contributed by atoms with Crippen molar-refractivity contribution in [2.24, 2.45) is 0 Å². The molecular formula is C23H29F3N4O3S. The summed E-state index contributed by atoms with van der Waals surface area (Å²) in [5.41, 5.74) is -0.962. The largest absolute Gasteiger partial charge is 0.455 e. The first-order valence-electron chi connectivity index (χ1n) is 11.6. The van der Waals surface area contributed by atoms with Crippen molar-refractivity contribution in [3.63, 3.8) is 0 Å².